The van der Waals surface area contributed by atoms with Crippen LogP contribution in [0.25, 0.3) is 0 Å². The maximum Gasteiger partial charge on any atom is 0.236 e. The predicted octanol–water partition coefficient (Wildman–Crippen LogP) is 1.01. The summed E-state index contributed by atoms with van der Waals surface area (Å²) in [6.45, 7) is 9.82. The van der Waals surface area contributed by atoms with Crippen LogP contribution in [-0.2, 0) is 9.59 Å². The lowest BCUT2D eigenvalue weighted by atomic mass is 9.84. The van der Waals surface area contributed by atoms with Crippen LogP contribution in [0.5, 0.6) is 0 Å². The molecular weight excluding hydrogens is 340 g/mol. The van der Waals surface area contributed by atoms with Crippen LogP contribution < -0.4 is 5.73 Å². The fourth-order valence-corrected chi connectivity index (χ4v) is 6.20. The number of likely N-dealkylation sites (tertiary alicyclic amines) is 1. The maximum atomic E-state index is 13.0. The van der Waals surface area contributed by atoms with Gasteiger partial charge in [0.05, 0.1) is 12.5 Å². The molecule has 2 aliphatic carbocycles. The van der Waals surface area contributed by atoms with Crippen LogP contribution in [-0.4, -0.2) is 78.4 Å². The highest BCUT2D eigenvalue weighted by molar-refractivity contribution is 5.81. The Morgan fingerprint density at radius 3 is 2.11 bits per heavy atom. The molecule has 6 atom stereocenters. The summed E-state index contributed by atoms with van der Waals surface area (Å²) < 4.78 is 0. The fourth-order valence-electron chi connectivity index (χ4n) is 6.20. The number of hydrogen-bond donors (Lipinski definition) is 1. The van der Waals surface area contributed by atoms with Crippen LogP contribution in [0.1, 0.15) is 39.5 Å². The zero-order valence-corrected chi connectivity index (χ0v) is 17.0. The number of nitrogens with zero attached hydrogens (tertiary/aromatic N) is 3. The smallest absolute Gasteiger partial charge is 0.236 e. The van der Waals surface area contributed by atoms with Crippen molar-refractivity contribution in [3.05, 3.63) is 0 Å². The van der Waals surface area contributed by atoms with Gasteiger partial charge in [-0.25, -0.2) is 0 Å². The second kappa shape index (κ2) is 7.70. The zero-order valence-electron chi connectivity index (χ0n) is 17.0. The van der Waals surface area contributed by atoms with Crippen LogP contribution in [0.4, 0.5) is 0 Å². The van der Waals surface area contributed by atoms with Gasteiger partial charge in [0.1, 0.15) is 0 Å². The van der Waals surface area contributed by atoms with Crippen molar-refractivity contribution in [2.45, 2.75) is 45.6 Å². The first-order valence-electron chi connectivity index (χ1n) is 11.0. The minimum atomic E-state index is 0.0493. The molecule has 2 heterocycles. The van der Waals surface area contributed by atoms with E-state index in [0.29, 0.717) is 30.2 Å². The van der Waals surface area contributed by atoms with Gasteiger partial charge < -0.3 is 15.5 Å². The average molecular weight is 377 g/mol. The largest absolute Gasteiger partial charge is 0.341 e. The summed E-state index contributed by atoms with van der Waals surface area (Å²) in [6.07, 6.45) is 4.75. The Kier molecular flexibility index (Phi) is 5.48. The van der Waals surface area contributed by atoms with Crippen molar-refractivity contribution in [3.8, 4) is 0 Å². The molecule has 0 aromatic heterocycles. The lowest BCUT2D eigenvalue weighted by Gasteiger charge is -2.40. The van der Waals surface area contributed by atoms with Gasteiger partial charge in [0.25, 0.3) is 0 Å². The quantitative estimate of drug-likeness (QED) is 0.798. The summed E-state index contributed by atoms with van der Waals surface area (Å²) in [6, 6.07) is 0.0685. The number of amides is 2. The Hall–Kier alpha value is -1.14. The van der Waals surface area contributed by atoms with Crippen LogP contribution >= 0.6 is 0 Å². The van der Waals surface area contributed by atoms with Crippen LogP contribution in [0, 0.1) is 29.6 Å². The van der Waals surface area contributed by atoms with Gasteiger partial charge in [-0.05, 0) is 49.4 Å². The molecule has 6 nitrogen and oxygen atoms in total. The molecule has 0 spiro atoms. The molecular formula is C21H36N4O2. The van der Waals surface area contributed by atoms with E-state index in [1.54, 1.807) is 0 Å². The second-order valence-electron chi connectivity index (χ2n) is 9.78. The van der Waals surface area contributed by atoms with Gasteiger partial charge in [0, 0.05) is 45.3 Å². The summed E-state index contributed by atoms with van der Waals surface area (Å²) in [4.78, 5) is 32.0. The molecule has 4 aliphatic rings. The van der Waals surface area contributed by atoms with Crippen molar-refractivity contribution < 1.29 is 9.59 Å². The fraction of sp³-hybridized carbons (Fsp3) is 0.905. The first kappa shape index (κ1) is 19.2. The van der Waals surface area contributed by atoms with E-state index in [4.69, 9.17) is 5.73 Å². The third-order valence-corrected chi connectivity index (χ3v) is 7.53. The number of piperazine rings is 1. The Morgan fingerprint density at radius 1 is 0.889 bits per heavy atom. The van der Waals surface area contributed by atoms with E-state index in [-0.39, 0.29) is 23.8 Å². The van der Waals surface area contributed by atoms with Gasteiger partial charge in [-0.2, -0.15) is 0 Å². The number of carbonyl (C=O) groups excluding carboxylic acids is 2. The van der Waals surface area contributed by atoms with Crippen molar-refractivity contribution in [2.24, 2.45) is 35.3 Å². The molecule has 2 saturated heterocycles. The van der Waals surface area contributed by atoms with E-state index in [2.05, 4.69) is 18.7 Å². The summed E-state index contributed by atoms with van der Waals surface area (Å²) in [5.41, 5.74) is 6.36. The summed E-state index contributed by atoms with van der Waals surface area (Å²) >= 11 is 0. The molecule has 0 aromatic carbocycles. The number of nitrogens with two attached hydrogens (primary N) is 1. The SMILES string of the molecule is CC1CC(C)CN(C(=O)CN2CCN(C(=O)C3C4CCC(C4)C3N)CC2)C1. The molecule has 2 amide bonds. The number of fused-ring (bicyclic) bond motifs is 2. The second-order valence-corrected chi connectivity index (χ2v) is 9.78. The van der Waals surface area contributed by atoms with Crippen molar-refractivity contribution in [1.82, 2.24) is 14.7 Å². The summed E-state index contributed by atoms with van der Waals surface area (Å²) in [5.74, 6) is 2.85. The van der Waals surface area contributed by atoms with Crippen molar-refractivity contribution in [3.63, 3.8) is 0 Å². The Balaban J connectivity index is 1.25. The molecule has 2 aliphatic heterocycles. The summed E-state index contributed by atoms with van der Waals surface area (Å²) in [7, 11) is 0. The molecule has 0 radical (unpaired) electrons. The molecule has 6 unspecified atom stereocenters. The average Bonchev–Trinajstić information content (AvgIpc) is 3.22. The van der Waals surface area contributed by atoms with Gasteiger partial charge in [0.15, 0.2) is 0 Å². The molecule has 6 heteroatoms. The van der Waals surface area contributed by atoms with Crippen molar-refractivity contribution in [1.29, 1.82) is 0 Å². The van der Waals surface area contributed by atoms with Crippen LogP contribution in [0.2, 0.25) is 0 Å². The molecule has 2 saturated carbocycles. The first-order valence-corrected chi connectivity index (χ1v) is 11.0. The minimum absolute atomic E-state index is 0.0493. The molecule has 4 fully saturated rings. The highest BCUT2D eigenvalue weighted by atomic mass is 16.2. The Bertz CT molecular complexity index is 563. The number of hydrogen-bond acceptors (Lipinski definition) is 4. The van der Waals surface area contributed by atoms with E-state index in [9.17, 15) is 9.59 Å². The third-order valence-electron chi connectivity index (χ3n) is 7.53. The summed E-state index contributed by atoms with van der Waals surface area (Å²) in [5, 5.41) is 0. The molecule has 152 valence electrons. The predicted molar refractivity (Wildman–Crippen MR) is 105 cm³/mol. The van der Waals surface area contributed by atoms with E-state index >= 15 is 0 Å². The van der Waals surface area contributed by atoms with Crippen LogP contribution in [0.15, 0.2) is 0 Å². The van der Waals surface area contributed by atoms with Crippen molar-refractivity contribution >= 4 is 11.8 Å². The standard InChI is InChI=1S/C21H36N4O2/c1-14-9-15(2)12-25(11-14)18(26)13-23-5-7-24(8-6-23)21(27)19-16-3-4-17(10-16)20(19)22/h14-17,19-20H,3-13,22H2,1-2H3. The molecule has 2 bridgehead atoms. The Labute approximate surface area is 163 Å². The number of piperidine rings is 1. The van der Waals surface area contributed by atoms with E-state index < -0.39 is 0 Å². The topological polar surface area (TPSA) is 69.9 Å². The normalized spacial score (nSPS) is 39.8. The molecule has 2 N–H and O–H groups in total. The van der Waals surface area contributed by atoms with Gasteiger partial charge in [-0.15, -0.1) is 0 Å². The lowest BCUT2D eigenvalue weighted by Crippen LogP contribution is -2.55. The van der Waals surface area contributed by atoms with Gasteiger partial charge in [0.2, 0.25) is 11.8 Å². The molecule has 27 heavy (non-hydrogen) atoms. The maximum absolute atomic E-state index is 13.0. The minimum Gasteiger partial charge on any atom is -0.341 e. The van der Waals surface area contributed by atoms with E-state index in [1.807, 2.05) is 9.80 Å². The molecule has 0 aromatic rings. The highest BCUT2D eigenvalue weighted by Crippen LogP contribution is 2.48. The zero-order chi connectivity index (χ0) is 19.1. The van der Waals surface area contributed by atoms with Gasteiger partial charge in [-0.1, -0.05) is 13.8 Å². The van der Waals surface area contributed by atoms with E-state index in [1.165, 1.54) is 19.3 Å². The third kappa shape index (κ3) is 3.88. The van der Waals surface area contributed by atoms with Crippen LogP contribution in [0.3, 0.4) is 0 Å². The van der Waals surface area contributed by atoms with Gasteiger partial charge in [-0.3, -0.25) is 14.5 Å². The van der Waals surface area contributed by atoms with E-state index in [0.717, 1.165) is 45.7 Å². The van der Waals surface area contributed by atoms with Crippen molar-refractivity contribution in [2.75, 3.05) is 45.8 Å². The highest BCUT2D eigenvalue weighted by Gasteiger charge is 2.50. The lowest BCUT2D eigenvalue weighted by molar-refractivity contribution is -0.140. The number of carbonyl (C=O) groups is 2. The number of rotatable bonds is 3. The van der Waals surface area contributed by atoms with Gasteiger partial charge >= 0.3 is 0 Å². The Morgan fingerprint density at radius 2 is 1.52 bits per heavy atom. The monoisotopic (exact) mass is 376 g/mol. The molecule has 4 rings (SSSR count). The first-order chi connectivity index (χ1) is 12.9.